The number of nitrogens with one attached hydrogen (secondary N) is 2. The van der Waals surface area contributed by atoms with Crippen molar-refractivity contribution < 1.29 is 19.1 Å². The average Bonchev–Trinajstić information content (AvgIpc) is 2.38. The van der Waals surface area contributed by atoms with Gasteiger partial charge in [-0.2, -0.15) is 0 Å². The van der Waals surface area contributed by atoms with Gasteiger partial charge in [0, 0.05) is 25.1 Å². The molecule has 0 spiro atoms. The Labute approximate surface area is 109 Å². The fourth-order valence-electron chi connectivity index (χ4n) is 1.95. The lowest BCUT2D eigenvalue weighted by molar-refractivity contribution is -0.117. The number of halogens is 1. The van der Waals surface area contributed by atoms with E-state index in [2.05, 4.69) is 10.6 Å². The van der Waals surface area contributed by atoms with Crippen LogP contribution < -0.4 is 10.6 Å². The van der Waals surface area contributed by atoms with Gasteiger partial charge in [0.1, 0.15) is 5.82 Å². The van der Waals surface area contributed by atoms with Gasteiger partial charge in [0.05, 0.1) is 5.69 Å². The van der Waals surface area contributed by atoms with Crippen LogP contribution in [0.3, 0.4) is 0 Å². The van der Waals surface area contributed by atoms with Crippen molar-refractivity contribution in [1.29, 1.82) is 0 Å². The largest absolute Gasteiger partial charge is 0.396 e. The van der Waals surface area contributed by atoms with Crippen molar-refractivity contribution in [2.75, 3.05) is 17.2 Å². The molecule has 2 amide bonds. The summed E-state index contributed by atoms with van der Waals surface area (Å²) in [5.74, 6) is -1.00. The first-order valence-electron chi connectivity index (χ1n) is 6.13. The number of anilines is 2. The third kappa shape index (κ3) is 3.29. The SMILES string of the molecule is O=C(CCCO)Nc1cc2c(cc1F)CCC(=O)N2. The number of rotatable bonds is 4. The fourth-order valence-corrected chi connectivity index (χ4v) is 1.95. The third-order valence-electron chi connectivity index (χ3n) is 2.92. The predicted molar refractivity (Wildman–Crippen MR) is 68.3 cm³/mol. The van der Waals surface area contributed by atoms with E-state index in [1.165, 1.54) is 12.1 Å². The molecule has 1 aliphatic heterocycles. The summed E-state index contributed by atoms with van der Waals surface area (Å²) in [6.45, 7) is -0.0872. The number of carbonyl (C=O) groups is 2. The minimum Gasteiger partial charge on any atom is -0.396 e. The summed E-state index contributed by atoms with van der Waals surface area (Å²) < 4.78 is 13.8. The van der Waals surface area contributed by atoms with Gasteiger partial charge >= 0.3 is 0 Å². The zero-order valence-electron chi connectivity index (χ0n) is 10.3. The van der Waals surface area contributed by atoms with Crippen LogP contribution in [-0.2, 0) is 16.0 Å². The van der Waals surface area contributed by atoms with E-state index >= 15 is 0 Å². The van der Waals surface area contributed by atoms with Crippen molar-refractivity contribution in [3.63, 3.8) is 0 Å². The molecule has 0 unspecified atom stereocenters. The van der Waals surface area contributed by atoms with Crippen LogP contribution in [0.1, 0.15) is 24.8 Å². The molecule has 0 fully saturated rings. The predicted octanol–water partition coefficient (Wildman–Crippen LogP) is 1.42. The average molecular weight is 266 g/mol. The normalized spacial score (nSPS) is 13.7. The minimum atomic E-state index is -0.521. The smallest absolute Gasteiger partial charge is 0.224 e. The highest BCUT2D eigenvalue weighted by Crippen LogP contribution is 2.28. The Balaban J connectivity index is 2.15. The van der Waals surface area contributed by atoms with Gasteiger partial charge in [-0.3, -0.25) is 9.59 Å². The zero-order valence-corrected chi connectivity index (χ0v) is 10.3. The number of aliphatic hydroxyl groups is 1. The maximum absolute atomic E-state index is 13.8. The molecule has 1 aromatic rings. The summed E-state index contributed by atoms with van der Waals surface area (Å²) in [5.41, 5.74) is 1.31. The highest BCUT2D eigenvalue weighted by Gasteiger charge is 2.18. The lowest BCUT2D eigenvalue weighted by Crippen LogP contribution is -2.20. The van der Waals surface area contributed by atoms with Gasteiger partial charge in [0.15, 0.2) is 0 Å². The van der Waals surface area contributed by atoms with E-state index in [0.29, 0.717) is 24.9 Å². The number of benzene rings is 1. The molecule has 0 aromatic heterocycles. The molecule has 0 saturated heterocycles. The number of aliphatic hydroxyl groups excluding tert-OH is 1. The summed E-state index contributed by atoms with van der Waals surface area (Å²) in [5, 5.41) is 13.7. The highest BCUT2D eigenvalue weighted by molar-refractivity contribution is 5.96. The maximum atomic E-state index is 13.8. The number of carbonyl (C=O) groups excluding carboxylic acids is 2. The topological polar surface area (TPSA) is 78.4 Å². The van der Waals surface area contributed by atoms with Crippen molar-refractivity contribution in [1.82, 2.24) is 0 Å². The van der Waals surface area contributed by atoms with E-state index in [1.54, 1.807) is 0 Å². The van der Waals surface area contributed by atoms with Crippen molar-refractivity contribution in [3.05, 3.63) is 23.5 Å². The van der Waals surface area contributed by atoms with Gasteiger partial charge in [-0.25, -0.2) is 4.39 Å². The summed E-state index contributed by atoms with van der Waals surface area (Å²) >= 11 is 0. The Bertz CT molecular complexity index is 517. The van der Waals surface area contributed by atoms with E-state index in [1.807, 2.05) is 0 Å². The van der Waals surface area contributed by atoms with Gasteiger partial charge in [-0.1, -0.05) is 0 Å². The fraction of sp³-hybridized carbons (Fsp3) is 0.385. The first kappa shape index (κ1) is 13.5. The first-order valence-corrected chi connectivity index (χ1v) is 6.13. The summed E-state index contributed by atoms with van der Waals surface area (Å²) in [6.07, 6.45) is 1.29. The van der Waals surface area contributed by atoms with E-state index in [9.17, 15) is 14.0 Å². The van der Waals surface area contributed by atoms with Gasteiger partial charge in [0.25, 0.3) is 0 Å². The van der Waals surface area contributed by atoms with E-state index in [-0.39, 0.29) is 30.5 Å². The standard InChI is InChI=1S/C13H15FN2O3/c14-9-6-8-3-4-13(19)15-10(8)7-11(9)16-12(18)2-1-5-17/h6-7,17H,1-5H2,(H,15,19)(H,16,18). The van der Waals surface area contributed by atoms with Gasteiger partial charge < -0.3 is 15.7 Å². The highest BCUT2D eigenvalue weighted by atomic mass is 19.1. The molecule has 6 heteroatoms. The number of amides is 2. The molecule has 3 N–H and O–H groups in total. The third-order valence-corrected chi connectivity index (χ3v) is 2.92. The van der Waals surface area contributed by atoms with E-state index in [4.69, 9.17) is 5.11 Å². The zero-order chi connectivity index (χ0) is 13.8. The molecule has 0 bridgehead atoms. The molecule has 1 aromatic carbocycles. The molecule has 19 heavy (non-hydrogen) atoms. The molecule has 102 valence electrons. The van der Waals surface area contributed by atoms with Crippen LogP contribution in [-0.4, -0.2) is 23.5 Å². The molecule has 0 aliphatic carbocycles. The Morgan fingerprint density at radius 3 is 2.95 bits per heavy atom. The van der Waals surface area contributed by atoms with Crippen LogP contribution in [0.25, 0.3) is 0 Å². The second-order valence-corrected chi connectivity index (χ2v) is 4.41. The molecular formula is C13H15FN2O3. The monoisotopic (exact) mass is 266 g/mol. The second-order valence-electron chi connectivity index (χ2n) is 4.41. The van der Waals surface area contributed by atoms with Gasteiger partial charge in [0.2, 0.25) is 11.8 Å². The quantitative estimate of drug-likeness (QED) is 0.771. The summed E-state index contributed by atoms with van der Waals surface area (Å²) in [6, 6.07) is 2.76. The molecule has 0 radical (unpaired) electrons. The Morgan fingerprint density at radius 1 is 1.42 bits per heavy atom. The number of hydrogen-bond donors (Lipinski definition) is 3. The Hall–Kier alpha value is -1.95. The Kier molecular flexibility index (Phi) is 4.11. The van der Waals surface area contributed by atoms with Crippen LogP contribution in [0.2, 0.25) is 0 Å². The van der Waals surface area contributed by atoms with Crippen LogP contribution in [0.5, 0.6) is 0 Å². The lowest BCUT2D eigenvalue weighted by Gasteiger charge is -2.18. The number of hydrogen-bond acceptors (Lipinski definition) is 3. The molecular weight excluding hydrogens is 251 g/mol. The minimum absolute atomic E-state index is 0.0453. The summed E-state index contributed by atoms with van der Waals surface area (Å²) in [4.78, 5) is 22.7. The van der Waals surface area contributed by atoms with Crippen molar-refractivity contribution in [2.24, 2.45) is 0 Å². The van der Waals surface area contributed by atoms with Crippen LogP contribution in [0.4, 0.5) is 15.8 Å². The van der Waals surface area contributed by atoms with E-state index in [0.717, 1.165) is 5.56 Å². The molecule has 0 saturated carbocycles. The molecule has 2 rings (SSSR count). The molecule has 5 nitrogen and oxygen atoms in total. The first-order chi connectivity index (χ1) is 9.10. The molecule has 1 heterocycles. The van der Waals surface area contributed by atoms with Crippen LogP contribution >= 0.6 is 0 Å². The second kappa shape index (κ2) is 5.79. The summed E-state index contributed by atoms with van der Waals surface area (Å²) in [7, 11) is 0. The van der Waals surface area contributed by atoms with Crippen molar-refractivity contribution in [2.45, 2.75) is 25.7 Å². The van der Waals surface area contributed by atoms with Crippen molar-refractivity contribution >= 4 is 23.2 Å². The van der Waals surface area contributed by atoms with Crippen LogP contribution in [0.15, 0.2) is 12.1 Å². The van der Waals surface area contributed by atoms with Gasteiger partial charge in [-0.05, 0) is 30.5 Å². The Morgan fingerprint density at radius 2 is 2.21 bits per heavy atom. The van der Waals surface area contributed by atoms with Crippen molar-refractivity contribution in [3.8, 4) is 0 Å². The maximum Gasteiger partial charge on any atom is 0.224 e. The van der Waals surface area contributed by atoms with Gasteiger partial charge in [-0.15, -0.1) is 0 Å². The molecule has 1 aliphatic rings. The van der Waals surface area contributed by atoms with Crippen LogP contribution in [0, 0.1) is 5.82 Å². The number of aryl methyl sites for hydroxylation is 1. The lowest BCUT2D eigenvalue weighted by atomic mass is 10.0. The molecule has 0 atom stereocenters. The number of fused-ring (bicyclic) bond motifs is 1. The van der Waals surface area contributed by atoms with E-state index < -0.39 is 5.82 Å².